The molecule has 0 saturated carbocycles. The molecule has 0 aliphatic heterocycles. The van der Waals surface area contributed by atoms with Crippen LogP contribution >= 0.6 is 0 Å². The SMILES string of the molecule is Cc1cccc(C(O)C(C)C)c1OCc1ccccc1. The van der Waals surface area contributed by atoms with Gasteiger partial charge in [0.15, 0.2) is 0 Å². The van der Waals surface area contributed by atoms with Crippen molar-refractivity contribution >= 4 is 0 Å². The minimum atomic E-state index is -0.499. The van der Waals surface area contributed by atoms with Gasteiger partial charge in [0.1, 0.15) is 12.4 Å². The highest BCUT2D eigenvalue weighted by molar-refractivity contribution is 5.42. The average Bonchev–Trinajstić information content (AvgIpc) is 2.46. The smallest absolute Gasteiger partial charge is 0.128 e. The van der Waals surface area contributed by atoms with Crippen molar-refractivity contribution in [1.29, 1.82) is 0 Å². The van der Waals surface area contributed by atoms with Crippen molar-refractivity contribution in [3.8, 4) is 5.75 Å². The van der Waals surface area contributed by atoms with Crippen molar-refractivity contribution in [2.75, 3.05) is 0 Å². The summed E-state index contributed by atoms with van der Waals surface area (Å²) in [4.78, 5) is 0. The Labute approximate surface area is 121 Å². The molecule has 0 aliphatic carbocycles. The molecule has 0 radical (unpaired) electrons. The molecule has 0 saturated heterocycles. The molecule has 2 aromatic carbocycles. The lowest BCUT2D eigenvalue weighted by Gasteiger charge is -2.20. The quantitative estimate of drug-likeness (QED) is 0.879. The van der Waals surface area contributed by atoms with E-state index in [0.29, 0.717) is 6.61 Å². The first kappa shape index (κ1) is 14.6. The third-order valence-electron chi connectivity index (χ3n) is 3.42. The summed E-state index contributed by atoms with van der Waals surface area (Å²) in [5.41, 5.74) is 3.05. The molecule has 0 heterocycles. The van der Waals surface area contributed by atoms with E-state index in [1.165, 1.54) is 0 Å². The first-order valence-electron chi connectivity index (χ1n) is 7.04. The standard InChI is InChI=1S/C18H22O2/c1-13(2)17(19)16-11-7-8-14(3)18(16)20-12-15-9-5-4-6-10-15/h4-11,13,17,19H,12H2,1-3H3. The van der Waals surface area contributed by atoms with Crippen LogP contribution in [0.2, 0.25) is 0 Å². The van der Waals surface area contributed by atoms with Crippen LogP contribution in [-0.4, -0.2) is 5.11 Å². The van der Waals surface area contributed by atoms with Crippen molar-refractivity contribution in [1.82, 2.24) is 0 Å². The summed E-state index contributed by atoms with van der Waals surface area (Å²) in [7, 11) is 0. The third-order valence-corrected chi connectivity index (χ3v) is 3.42. The Morgan fingerprint density at radius 2 is 1.70 bits per heavy atom. The number of para-hydroxylation sites is 1. The molecule has 0 aliphatic rings. The van der Waals surface area contributed by atoms with Crippen LogP contribution in [0.25, 0.3) is 0 Å². The first-order chi connectivity index (χ1) is 9.59. The van der Waals surface area contributed by atoms with E-state index < -0.39 is 6.10 Å². The van der Waals surface area contributed by atoms with Crippen molar-refractivity contribution < 1.29 is 9.84 Å². The van der Waals surface area contributed by atoms with E-state index >= 15 is 0 Å². The fourth-order valence-electron chi connectivity index (χ4n) is 2.19. The lowest BCUT2D eigenvalue weighted by atomic mass is 9.96. The second-order valence-electron chi connectivity index (χ2n) is 5.46. The van der Waals surface area contributed by atoms with Gasteiger partial charge in [0.05, 0.1) is 6.10 Å². The molecule has 1 atom stereocenters. The van der Waals surface area contributed by atoms with Crippen molar-refractivity contribution in [3.05, 3.63) is 65.2 Å². The van der Waals surface area contributed by atoms with Crippen molar-refractivity contribution in [2.24, 2.45) is 5.92 Å². The number of aliphatic hydroxyl groups is 1. The topological polar surface area (TPSA) is 29.5 Å². The first-order valence-corrected chi connectivity index (χ1v) is 7.04. The maximum atomic E-state index is 10.3. The predicted molar refractivity (Wildman–Crippen MR) is 81.8 cm³/mol. The van der Waals surface area contributed by atoms with Gasteiger partial charge in [-0.25, -0.2) is 0 Å². The molecule has 0 spiro atoms. The Morgan fingerprint density at radius 3 is 2.35 bits per heavy atom. The Hall–Kier alpha value is -1.80. The lowest BCUT2D eigenvalue weighted by Crippen LogP contribution is -2.09. The van der Waals surface area contributed by atoms with Gasteiger partial charge in [-0.05, 0) is 24.0 Å². The van der Waals surface area contributed by atoms with Crippen LogP contribution in [0, 0.1) is 12.8 Å². The van der Waals surface area contributed by atoms with Crippen LogP contribution < -0.4 is 4.74 Å². The Bertz CT molecular complexity index is 547. The normalized spacial score (nSPS) is 12.4. The van der Waals surface area contributed by atoms with E-state index in [-0.39, 0.29) is 5.92 Å². The van der Waals surface area contributed by atoms with Crippen LogP contribution in [0.1, 0.15) is 36.6 Å². The van der Waals surface area contributed by atoms with E-state index in [1.54, 1.807) is 0 Å². The van der Waals surface area contributed by atoms with Gasteiger partial charge in [0, 0.05) is 5.56 Å². The van der Waals surface area contributed by atoms with Crippen LogP contribution in [0.15, 0.2) is 48.5 Å². The summed E-state index contributed by atoms with van der Waals surface area (Å²) in [6.45, 7) is 6.54. The van der Waals surface area contributed by atoms with Crippen LogP contribution in [-0.2, 0) is 6.61 Å². The number of aliphatic hydroxyl groups excluding tert-OH is 1. The summed E-state index contributed by atoms with van der Waals surface area (Å²) in [5.74, 6) is 0.966. The molecule has 2 heteroatoms. The zero-order valence-electron chi connectivity index (χ0n) is 12.3. The number of hydrogen-bond acceptors (Lipinski definition) is 2. The van der Waals surface area contributed by atoms with Gasteiger partial charge >= 0.3 is 0 Å². The summed E-state index contributed by atoms with van der Waals surface area (Å²) in [6.07, 6.45) is -0.499. The fourth-order valence-corrected chi connectivity index (χ4v) is 2.19. The predicted octanol–water partition coefficient (Wildman–Crippen LogP) is 4.26. The van der Waals surface area contributed by atoms with Crippen LogP contribution in [0.3, 0.4) is 0 Å². The molecule has 106 valence electrons. The zero-order chi connectivity index (χ0) is 14.5. The van der Waals surface area contributed by atoms with Gasteiger partial charge in [-0.1, -0.05) is 62.4 Å². The van der Waals surface area contributed by atoms with Gasteiger partial charge < -0.3 is 9.84 Å². The highest BCUT2D eigenvalue weighted by Gasteiger charge is 2.18. The van der Waals surface area contributed by atoms with Gasteiger partial charge in [0.25, 0.3) is 0 Å². The monoisotopic (exact) mass is 270 g/mol. The minimum Gasteiger partial charge on any atom is -0.488 e. The highest BCUT2D eigenvalue weighted by Crippen LogP contribution is 2.33. The van der Waals surface area contributed by atoms with Gasteiger partial charge in [-0.2, -0.15) is 0 Å². The van der Waals surface area contributed by atoms with Crippen molar-refractivity contribution in [3.63, 3.8) is 0 Å². The molecule has 0 amide bonds. The van der Waals surface area contributed by atoms with Crippen LogP contribution in [0.4, 0.5) is 0 Å². The van der Waals surface area contributed by atoms with Crippen LogP contribution in [0.5, 0.6) is 5.75 Å². The molecule has 2 aromatic rings. The molecule has 1 unspecified atom stereocenters. The summed E-state index contributed by atoms with van der Waals surface area (Å²) in [6, 6.07) is 16.0. The summed E-state index contributed by atoms with van der Waals surface area (Å²) >= 11 is 0. The van der Waals surface area contributed by atoms with E-state index in [0.717, 1.165) is 22.4 Å². The minimum absolute atomic E-state index is 0.163. The largest absolute Gasteiger partial charge is 0.488 e. The number of ether oxygens (including phenoxy) is 1. The van der Waals surface area contributed by atoms with Gasteiger partial charge in [-0.3, -0.25) is 0 Å². The number of benzene rings is 2. The molecule has 2 rings (SSSR count). The molecular formula is C18H22O2. The van der Waals surface area contributed by atoms with Crippen molar-refractivity contribution in [2.45, 2.75) is 33.5 Å². The molecule has 0 fully saturated rings. The summed E-state index contributed by atoms with van der Waals surface area (Å²) < 4.78 is 5.97. The van der Waals surface area contributed by atoms with Gasteiger partial charge in [0.2, 0.25) is 0 Å². The Kier molecular flexibility index (Phi) is 4.80. The molecule has 2 nitrogen and oxygen atoms in total. The third kappa shape index (κ3) is 3.40. The fraction of sp³-hybridized carbons (Fsp3) is 0.333. The maximum Gasteiger partial charge on any atom is 0.128 e. The molecule has 0 bridgehead atoms. The van der Waals surface area contributed by atoms with E-state index in [2.05, 4.69) is 0 Å². The summed E-state index contributed by atoms with van der Waals surface area (Å²) in [5, 5.41) is 10.3. The lowest BCUT2D eigenvalue weighted by molar-refractivity contribution is 0.121. The number of hydrogen-bond donors (Lipinski definition) is 1. The second-order valence-corrected chi connectivity index (χ2v) is 5.46. The zero-order valence-corrected chi connectivity index (χ0v) is 12.3. The molecule has 20 heavy (non-hydrogen) atoms. The second kappa shape index (κ2) is 6.58. The van der Waals surface area contributed by atoms with E-state index in [9.17, 15) is 5.11 Å². The molecular weight excluding hydrogens is 248 g/mol. The van der Waals surface area contributed by atoms with Gasteiger partial charge in [-0.15, -0.1) is 0 Å². The highest BCUT2D eigenvalue weighted by atomic mass is 16.5. The average molecular weight is 270 g/mol. The number of aryl methyl sites for hydroxylation is 1. The Balaban J connectivity index is 2.22. The number of rotatable bonds is 5. The van der Waals surface area contributed by atoms with E-state index in [1.807, 2.05) is 69.3 Å². The maximum absolute atomic E-state index is 10.3. The molecule has 1 N–H and O–H groups in total. The molecule has 0 aromatic heterocycles. The van der Waals surface area contributed by atoms with E-state index in [4.69, 9.17) is 4.74 Å². The Morgan fingerprint density at radius 1 is 1.00 bits per heavy atom.